The first-order chi connectivity index (χ1) is 11.7. The predicted molar refractivity (Wildman–Crippen MR) is 92.6 cm³/mol. The van der Waals surface area contributed by atoms with Crippen molar-refractivity contribution in [3.8, 4) is 0 Å². The number of aryl methyl sites for hydroxylation is 1. The number of amides is 2. The molecule has 2 aromatic heterocycles. The van der Waals surface area contributed by atoms with Crippen molar-refractivity contribution in [1.82, 2.24) is 30.4 Å². The molecular weight excluding hydrogens is 304 g/mol. The summed E-state index contributed by atoms with van der Waals surface area (Å²) in [7, 11) is 0. The SMILES string of the molecule is C[C@H](Cn1cncn1)NC(=O)NCCCc1c[nH]c2ccccc12. The number of carbonyl (C=O) groups is 1. The quantitative estimate of drug-likeness (QED) is 0.581. The molecule has 0 saturated carbocycles. The Labute approximate surface area is 140 Å². The van der Waals surface area contributed by atoms with Gasteiger partial charge in [-0.25, -0.2) is 9.78 Å². The van der Waals surface area contributed by atoms with Gasteiger partial charge >= 0.3 is 6.03 Å². The summed E-state index contributed by atoms with van der Waals surface area (Å²) >= 11 is 0. The van der Waals surface area contributed by atoms with Crippen LogP contribution in [0.5, 0.6) is 0 Å². The Morgan fingerprint density at radius 1 is 1.38 bits per heavy atom. The van der Waals surface area contributed by atoms with Crippen LogP contribution in [0, 0.1) is 0 Å². The van der Waals surface area contributed by atoms with Crippen LogP contribution in [0.2, 0.25) is 0 Å². The minimum atomic E-state index is -0.151. The molecule has 3 N–H and O–H groups in total. The fourth-order valence-electron chi connectivity index (χ4n) is 2.75. The van der Waals surface area contributed by atoms with E-state index in [1.807, 2.05) is 25.3 Å². The van der Waals surface area contributed by atoms with Crippen molar-refractivity contribution in [3.63, 3.8) is 0 Å². The monoisotopic (exact) mass is 326 g/mol. The van der Waals surface area contributed by atoms with Gasteiger partial charge in [-0.2, -0.15) is 5.10 Å². The molecular formula is C17H22N6O. The van der Waals surface area contributed by atoms with Gasteiger partial charge in [0.2, 0.25) is 0 Å². The van der Waals surface area contributed by atoms with E-state index in [0.29, 0.717) is 13.1 Å². The lowest BCUT2D eigenvalue weighted by molar-refractivity contribution is 0.236. The number of urea groups is 1. The van der Waals surface area contributed by atoms with Crippen molar-refractivity contribution in [1.29, 1.82) is 0 Å². The van der Waals surface area contributed by atoms with Gasteiger partial charge in [0, 0.05) is 29.7 Å². The second-order valence-corrected chi connectivity index (χ2v) is 5.88. The Kier molecular flexibility index (Phi) is 5.10. The topological polar surface area (TPSA) is 87.6 Å². The fraction of sp³-hybridized carbons (Fsp3) is 0.353. The maximum absolute atomic E-state index is 11.9. The minimum absolute atomic E-state index is 0.0136. The molecule has 0 aliphatic heterocycles. The van der Waals surface area contributed by atoms with Crippen LogP contribution in [-0.2, 0) is 13.0 Å². The molecule has 24 heavy (non-hydrogen) atoms. The van der Waals surface area contributed by atoms with Gasteiger partial charge in [0.1, 0.15) is 12.7 Å². The van der Waals surface area contributed by atoms with Crippen LogP contribution in [0.1, 0.15) is 18.9 Å². The van der Waals surface area contributed by atoms with Crippen LogP contribution in [0.4, 0.5) is 4.79 Å². The molecule has 0 bridgehead atoms. The summed E-state index contributed by atoms with van der Waals surface area (Å²) in [5.41, 5.74) is 2.44. The molecule has 0 aliphatic carbocycles. The van der Waals surface area contributed by atoms with Gasteiger partial charge in [-0.1, -0.05) is 18.2 Å². The first-order valence-electron chi connectivity index (χ1n) is 8.14. The molecule has 126 valence electrons. The molecule has 3 rings (SSSR count). The molecule has 7 heteroatoms. The molecule has 0 radical (unpaired) electrons. The Bertz CT molecular complexity index is 779. The standard InChI is InChI=1S/C17H22N6O/c1-13(10-23-12-18-11-21-23)22-17(24)19-8-4-5-14-9-20-16-7-3-2-6-15(14)16/h2-3,6-7,9,11-13,20H,4-5,8,10H2,1H3,(H2,19,22,24)/t13-/m1/s1. The van der Waals surface area contributed by atoms with E-state index in [1.54, 1.807) is 11.0 Å². The lowest BCUT2D eigenvalue weighted by Crippen LogP contribution is -2.42. The number of carbonyl (C=O) groups excluding carboxylic acids is 1. The number of hydrogen-bond acceptors (Lipinski definition) is 3. The number of aromatic amines is 1. The Morgan fingerprint density at radius 3 is 3.08 bits per heavy atom. The number of aromatic nitrogens is 4. The third-order valence-electron chi connectivity index (χ3n) is 3.89. The average molecular weight is 326 g/mol. The van der Waals surface area contributed by atoms with Crippen molar-refractivity contribution in [3.05, 3.63) is 48.7 Å². The predicted octanol–water partition coefficient (Wildman–Crippen LogP) is 2.08. The first kappa shape index (κ1) is 16.0. The van der Waals surface area contributed by atoms with E-state index < -0.39 is 0 Å². The van der Waals surface area contributed by atoms with Crippen LogP contribution >= 0.6 is 0 Å². The fourth-order valence-corrected chi connectivity index (χ4v) is 2.75. The van der Waals surface area contributed by atoms with E-state index in [4.69, 9.17) is 0 Å². The number of rotatable bonds is 7. The summed E-state index contributed by atoms with van der Waals surface area (Å²) in [5.74, 6) is 0. The number of fused-ring (bicyclic) bond motifs is 1. The molecule has 0 unspecified atom stereocenters. The maximum atomic E-state index is 11.9. The van der Waals surface area contributed by atoms with Gasteiger partial charge in [-0.15, -0.1) is 0 Å². The number of para-hydroxylation sites is 1. The Balaban J connectivity index is 1.37. The van der Waals surface area contributed by atoms with Crippen molar-refractivity contribution < 1.29 is 4.79 Å². The molecule has 0 spiro atoms. The Morgan fingerprint density at radius 2 is 2.25 bits per heavy atom. The summed E-state index contributed by atoms with van der Waals surface area (Å²) < 4.78 is 1.70. The van der Waals surface area contributed by atoms with Gasteiger partial charge in [0.15, 0.2) is 0 Å². The highest BCUT2D eigenvalue weighted by molar-refractivity contribution is 5.83. The maximum Gasteiger partial charge on any atom is 0.315 e. The third kappa shape index (κ3) is 4.13. The van der Waals surface area contributed by atoms with Gasteiger partial charge in [0.05, 0.1) is 6.54 Å². The summed E-state index contributed by atoms with van der Waals surface area (Å²) in [6.45, 7) is 3.18. The molecule has 3 aromatic rings. The van der Waals surface area contributed by atoms with Crippen LogP contribution < -0.4 is 10.6 Å². The van der Waals surface area contributed by atoms with Crippen LogP contribution in [0.15, 0.2) is 43.1 Å². The van der Waals surface area contributed by atoms with Crippen molar-refractivity contribution >= 4 is 16.9 Å². The summed E-state index contributed by atoms with van der Waals surface area (Å²) in [6, 6.07) is 8.09. The van der Waals surface area contributed by atoms with Gasteiger partial charge in [0.25, 0.3) is 0 Å². The largest absolute Gasteiger partial charge is 0.361 e. The molecule has 1 aromatic carbocycles. The summed E-state index contributed by atoms with van der Waals surface area (Å²) in [4.78, 5) is 19.0. The second-order valence-electron chi connectivity index (χ2n) is 5.88. The molecule has 0 saturated heterocycles. The normalized spacial score (nSPS) is 12.2. The Hall–Kier alpha value is -2.83. The molecule has 7 nitrogen and oxygen atoms in total. The first-order valence-corrected chi connectivity index (χ1v) is 8.14. The van der Waals surface area contributed by atoms with E-state index in [0.717, 1.165) is 18.4 Å². The highest BCUT2D eigenvalue weighted by atomic mass is 16.2. The van der Waals surface area contributed by atoms with E-state index in [9.17, 15) is 4.79 Å². The molecule has 2 amide bonds. The van der Waals surface area contributed by atoms with Crippen molar-refractivity contribution in [2.45, 2.75) is 32.4 Å². The number of hydrogen-bond donors (Lipinski definition) is 3. The van der Waals surface area contributed by atoms with Crippen LogP contribution in [0.25, 0.3) is 10.9 Å². The highest BCUT2D eigenvalue weighted by Gasteiger charge is 2.08. The molecule has 2 heterocycles. The minimum Gasteiger partial charge on any atom is -0.361 e. The van der Waals surface area contributed by atoms with Crippen molar-refractivity contribution in [2.24, 2.45) is 0 Å². The van der Waals surface area contributed by atoms with Gasteiger partial charge < -0.3 is 15.6 Å². The lowest BCUT2D eigenvalue weighted by atomic mass is 10.1. The third-order valence-corrected chi connectivity index (χ3v) is 3.89. The molecule has 0 fully saturated rings. The zero-order valence-corrected chi connectivity index (χ0v) is 13.7. The van der Waals surface area contributed by atoms with Gasteiger partial charge in [-0.05, 0) is 31.4 Å². The number of benzene rings is 1. The number of H-pyrrole nitrogens is 1. The summed E-state index contributed by atoms with van der Waals surface area (Å²) in [6.07, 6.45) is 6.99. The van der Waals surface area contributed by atoms with E-state index >= 15 is 0 Å². The van der Waals surface area contributed by atoms with E-state index in [-0.39, 0.29) is 12.1 Å². The summed E-state index contributed by atoms with van der Waals surface area (Å²) in [5, 5.41) is 11.1. The van der Waals surface area contributed by atoms with E-state index in [1.165, 1.54) is 17.3 Å². The zero-order valence-electron chi connectivity index (χ0n) is 13.7. The number of nitrogens with one attached hydrogen (secondary N) is 3. The smallest absolute Gasteiger partial charge is 0.315 e. The highest BCUT2D eigenvalue weighted by Crippen LogP contribution is 2.18. The molecule has 1 atom stereocenters. The average Bonchev–Trinajstić information content (AvgIpc) is 3.21. The number of nitrogens with zero attached hydrogens (tertiary/aromatic N) is 3. The second kappa shape index (κ2) is 7.63. The molecule has 0 aliphatic rings. The van der Waals surface area contributed by atoms with E-state index in [2.05, 4.69) is 37.8 Å². The zero-order chi connectivity index (χ0) is 16.8. The van der Waals surface area contributed by atoms with Crippen LogP contribution in [-0.4, -0.2) is 38.4 Å². The lowest BCUT2D eigenvalue weighted by Gasteiger charge is -2.14. The van der Waals surface area contributed by atoms with Crippen LogP contribution in [0.3, 0.4) is 0 Å². The van der Waals surface area contributed by atoms with Gasteiger partial charge in [-0.3, -0.25) is 4.68 Å². The van der Waals surface area contributed by atoms with Crippen molar-refractivity contribution in [2.75, 3.05) is 6.54 Å².